The molecule has 2 aliphatic heterocycles. The first kappa shape index (κ1) is 19.2. The van der Waals surface area contributed by atoms with Gasteiger partial charge in [-0.25, -0.2) is 4.98 Å². The Bertz CT molecular complexity index is 519. The fourth-order valence-electron chi connectivity index (χ4n) is 3.23. The number of carbonyl (C=O) groups excluding carboxylic acids is 1. The maximum atomic E-state index is 12.6. The molecule has 7 nitrogen and oxygen atoms in total. The molecule has 1 aromatic rings. The Morgan fingerprint density at radius 1 is 1.54 bits per heavy atom. The number of ether oxygens (including phenoxy) is 2. The first-order chi connectivity index (χ1) is 11.3. The zero-order valence-corrected chi connectivity index (χ0v) is 15.0. The van der Waals surface area contributed by atoms with E-state index in [4.69, 9.17) is 9.47 Å². The highest BCUT2D eigenvalue weighted by Gasteiger charge is 2.30. The lowest BCUT2D eigenvalue weighted by Crippen LogP contribution is -2.49. The van der Waals surface area contributed by atoms with E-state index in [-0.39, 0.29) is 30.5 Å². The molecule has 24 heavy (non-hydrogen) atoms. The van der Waals surface area contributed by atoms with Gasteiger partial charge in [0.25, 0.3) is 0 Å². The molecule has 0 spiro atoms. The Balaban J connectivity index is 0.00000208. The third kappa shape index (κ3) is 4.69. The van der Waals surface area contributed by atoms with Gasteiger partial charge in [-0.05, 0) is 12.8 Å². The van der Waals surface area contributed by atoms with Gasteiger partial charge in [0.15, 0.2) is 0 Å². The molecule has 8 heteroatoms. The van der Waals surface area contributed by atoms with Gasteiger partial charge >= 0.3 is 0 Å². The van der Waals surface area contributed by atoms with Crippen LogP contribution >= 0.6 is 12.4 Å². The van der Waals surface area contributed by atoms with E-state index < -0.39 is 0 Å². The monoisotopic (exact) mass is 358 g/mol. The summed E-state index contributed by atoms with van der Waals surface area (Å²) in [7, 11) is 1.96. The lowest BCUT2D eigenvalue weighted by atomic mass is 10.1. The lowest BCUT2D eigenvalue weighted by molar-refractivity contribution is -0.136. The zero-order chi connectivity index (χ0) is 16.1. The number of carbonyl (C=O) groups is 1. The van der Waals surface area contributed by atoms with Crippen LogP contribution in [0.2, 0.25) is 0 Å². The molecule has 2 unspecified atom stereocenters. The Morgan fingerprint density at radius 2 is 2.42 bits per heavy atom. The number of aromatic nitrogens is 2. The van der Waals surface area contributed by atoms with Gasteiger partial charge in [-0.2, -0.15) is 0 Å². The highest BCUT2D eigenvalue weighted by atomic mass is 35.5. The predicted molar refractivity (Wildman–Crippen MR) is 92.2 cm³/mol. The molecule has 2 atom stereocenters. The molecule has 2 fully saturated rings. The maximum absolute atomic E-state index is 12.6. The molecule has 1 N–H and O–H groups in total. The second-order valence-corrected chi connectivity index (χ2v) is 6.16. The van der Waals surface area contributed by atoms with Gasteiger partial charge in [-0.15, -0.1) is 12.4 Å². The quantitative estimate of drug-likeness (QED) is 0.765. The smallest absolute Gasteiger partial charge is 0.225 e. The summed E-state index contributed by atoms with van der Waals surface area (Å²) in [4.78, 5) is 18.9. The van der Waals surface area contributed by atoms with Crippen molar-refractivity contribution in [3.05, 3.63) is 18.2 Å². The van der Waals surface area contributed by atoms with Crippen molar-refractivity contribution in [2.24, 2.45) is 7.05 Å². The molecule has 0 aliphatic carbocycles. The fourth-order valence-corrected chi connectivity index (χ4v) is 3.23. The number of imidazole rings is 1. The summed E-state index contributed by atoms with van der Waals surface area (Å²) in [5.41, 5.74) is 0. The van der Waals surface area contributed by atoms with Gasteiger partial charge in [0.05, 0.1) is 25.7 Å². The van der Waals surface area contributed by atoms with Crippen molar-refractivity contribution < 1.29 is 14.3 Å². The van der Waals surface area contributed by atoms with Crippen LogP contribution in [-0.2, 0) is 21.3 Å². The van der Waals surface area contributed by atoms with E-state index in [1.807, 2.05) is 22.7 Å². The highest BCUT2D eigenvalue weighted by Crippen LogP contribution is 2.21. The van der Waals surface area contributed by atoms with E-state index in [2.05, 4.69) is 10.3 Å². The predicted octanol–water partition coefficient (Wildman–Crippen LogP) is 0.901. The van der Waals surface area contributed by atoms with Crippen LogP contribution in [-0.4, -0.2) is 65.9 Å². The second kappa shape index (κ2) is 9.36. The zero-order valence-electron chi connectivity index (χ0n) is 14.1. The van der Waals surface area contributed by atoms with E-state index in [0.29, 0.717) is 26.2 Å². The van der Waals surface area contributed by atoms with Crippen molar-refractivity contribution in [2.45, 2.75) is 31.4 Å². The Kier molecular flexibility index (Phi) is 7.48. The summed E-state index contributed by atoms with van der Waals surface area (Å²) < 4.78 is 13.1. The molecule has 1 aromatic heterocycles. The van der Waals surface area contributed by atoms with Crippen LogP contribution < -0.4 is 5.32 Å². The van der Waals surface area contributed by atoms with Gasteiger partial charge in [0.1, 0.15) is 11.9 Å². The third-order valence-corrected chi connectivity index (χ3v) is 4.51. The van der Waals surface area contributed by atoms with Crippen molar-refractivity contribution in [3.8, 4) is 0 Å². The Morgan fingerprint density at radius 3 is 3.12 bits per heavy atom. The third-order valence-electron chi connectivity index (χ3n) is 4.51. The molecule has 3 rings (SSSR count). The topological polar surface area (TPSA) is 68.6 Å². The van der Waals surface area contributed by atoms with Crippen LogP contribution in [0.3, 0.4) is 0 Å². The number of amides is 1. The Hall–Kier alpha value is -1.15. The molecule has 0 saturated carbocycles. The summed E-state index contributed by atoms with van der Waals surface area (Å²) in [6.45, 7) is 4.16. The molecule has 0 aromatic carbocycles. The van der Waals surface area contributed by atoms with Gasteiger partial charge in [-0.1, -0.05) is 0 Å². The van der Waals surface area contributed by atoms with Crippen LogP contribution in [0.15, 0.2) is 12.4 Å². The van der Waals surface area contributed by atoms with E-state index in [9.17, 15) is 4.79 Å². The number of aryl methyl sites for hydroxylation is 1. The number of rotatable bonds is 6. The molecular formula is C16H27ClN4O3. The molecule has 136 valence electrons. The average molecular weight is 359 g/mol. The molecule has 1 amide bonds. The highest BCUT2D eigenvalue weighted by molar-refractivity contribution is 5.85. The Labute approximate surface area is 149 Å². The number of hydrogen-bond donors (Lipinski definition) is 1. The van der Waals surface area contributed by atoms with Gasteiger partial charge < -0.3 is 24.3 Å². The fraction of sp³-hybridized carbons (Fsp3) is 0.750. The standard InChI is InChI=1S/C16H26N4O3.ClH/c1-19-7-6-18-16(19)14-11-17-5-8-20(14)15(21)4-10-22-12-13-3-2-9-23-13;/h6-7,13-14,17H,2-5,8-12H2,1H3;1H. The summed E-state index contributed by atoms with van der Waals surface area (Å²) in [5.74, 6) is 1.05. The van der Waals surface area contributed by atoms with Crippen LogP contribution in [0.25, 0.3) is 0 Å². The SMILES string of the molecule is Cl.Cn1ccnc1C1CNCCN1C(=O)CCOCC1CCCO1. The van der Waals surface area contributed by atoms with E-state index >= 15 is 0 Å². The maximum Gasteiger partial charge on any atom is 0.225 e. The minimum Gasteiger partial charge on any atom is -0.378 e. The molecule has 2 aliphatic rings. The molecule has 3 heterocycles. The number of halogens is 1. The second-order valence-electron chi connectivity index (χ2n) is 6.16. The van der Waals surface area contributed by atoms with Crippen molar-refractivity contribution in [1.29, 1.82) is 0 Å². The van der Waals surface area contributed by atoms with Crippen LogP contribution in [0, 0.1) is 0 Å². The molecule has 0 bridgehead atoms. The molecular weight excluding hydrogens is 332 g/mol. The van der Waals surface area contributed by atoms with E-state index in [1.54, 1.807) is 6.20 Å². The van der Waals surface area contributed by atoms with E-state index in [0.717, 1.165) is 38.4 Å². The molecule has 2 saturated heterocycles. The molecule has 0 radical (unpaired) electrons. The van der Waals surface area contributed by atoms with Gasteiger partial charge in [0.2, 0.25) is 5.91 Å². The summed E-state index contributed by atoms with van der Waals surface area (Å²) in [5, 5.41) is 3.34. The van der Waals surface area contributed by atoms with E-state index in [1.165, 1.54) is 0 Å². The summed E-state index contributed by atoms with van der Waals surface area (Å²) in [6, 6.07) is -0.00517. The van der Waals surface area contributed by atoms with Crippen LogP contribution in [0.4, 0.5) is 0 Å². The number of nitrogens with zero attached hydrogens (tertiary/aromatic N) is 3. The number of piperazine rings is 1. The normalized spacial score (nSPS) is 24.0. The lowest BCUT2D eigenvalue weighted by Gasteiger charge is -2.35. The van der Waals surface area contributed by atoms with Crippen molar-refractivity contribution in [1.82, 2.24) is 19.8 Å². The summed E-state index contributed by atoms with van der Waals surface area (Å²) in [6.07, 6.45) is 6.48. The van der Waals surface area contributed by atoms with Gasteiger partial charge in [-0.3, -0.25) is 4.79 Å². The summed E-state index contributed by atoms with van der Waals surface area (Å²) >= 11 is 0. The van der Waals surface area contributed by atoms with Crippen molar-refractivity contribution in [2.75, 3.05) is 39.5 Å². The van der Waals surface area contributed by atoms with Crippen LogP contribution in [0.1, 0.15) is 31.1 Å². The first-order valence-corrected chi connectivity index (χ1v) is 8.42. The first-order valence-electron chi connectivity index (χ1n) is 8.42. The van der Waals surface area contributed by atoms with Crippen molar-refractivity contribution >= 4 is 18.3 Å². The minimum absolute atomic E-state index is 0. The van der Waals surface area contributed by atoms with Crippen molar-refractivity contribution in [3.63, 3.8) is 0 Å². The average Bonchev–Trinajstić information content (AvgIpc) is 3.23. The largest absolute Gasteiger partial charge is 0.378 e. The number of hydrogen-bond acceptors (Lipinski definition) is 5. The van der Waals surface area contributed by atoms with Crippen LogP contribution in [0.5, 0.6) is 0 Å². The number of nitrogens with one attached hydrogen (secondary N) is 1. The minimum atomic E-state index is -0.00517. The van der Waals surface area contributed by atoms with Gasteiger partial charge in [0, 0.05) is 45.7 Å².